The molecule has 4 aromatic rings. The summed E-state index contributed by atoms with van der Waals surface area (Å²) in [7, 11) is 0. The van der Waals surface area contributed by atoms with Gasteiger partial charge in [-0.15, -0.1) is 0 Å². The largest absolute Gasteiger partial charge is 0.493 e. The summed E-state index contributed by atoms with van der Waals surface area (Å²) < 4.78 is 1.73. The van der Waals surface area contributed by atoms with Gasteiger partial charge in [-0.25, -0.2) is 0 Å². The maximum Gasteiger partial charge on any atom is 0.255 e. The third-order valence-corrected chi connectivity index (χ3v) is 5.64. The van der Waals surface area contributed by atoms with Crippen LogP contribution in [0.25, 0.3) is 21.8 Å². The number of nitrogens with one attached hydrogen (secondary N) is 1. The zero-order valence-corrected chi connectivity index (χ0v) is 15.4. The van der Waals surface area contributed by atoms with Crippen molar-refractivity contribution in [2.24, 2.45) is 0 Å². The van der Waals surface area contributed by atoms with Crippen LogP contribution in [0.1, 0.15) is 18.1 Å². The van der Waals surface area contributed by atoms with Crippen molar-refractivity contribution in [2.45, 2.75) is 23.8 Å². The molecular formula is C20H17N3O3S. The Morgan fingerprint density at radius 1 is 1.15 bits per heavy atom. The summed E-state index contributed by atoms with van der Waals surface area (Å²) in [4.78, 5) is 31.4. The molecule has 0 spiro atoms. The average Bonchev–Trinajstić information content (AvgIpc) is 2.99. The molecular weight excluding hydrogens is 362 g/mol. The van der Waals surface area contributed by atoms with Crippen LogP contribution in [0.2, 0.25) is 0 Å². The van der Waals surface area contributed by atoms with Gasteiger partial charge in [0.2, 0.25) is 11.8 Å². The Morgan fingerprint density at radius 3 is 2.30 bits per heavy atom. The number of hydrogen-bond acceptors (Lipinski definition) is 5. The number of hydrogen-bond donors (Lipinski definition) is 2. The van der Waals surface area contributed by atoms with Crippen molar-refractivity contribution in [1.29, 1.82) is 0 Å². The molecule has 27 heavy (non-hydrogen) atoms. The second kappa shape index (κ2) is 6.92. The summed E-state index contributed by atoms with van der Waals surface area (Å²) in [6.07, 6.45) is 0.545. The summed E-state index contributed by atoms with van der Waals surface area (Å²) >= 11 is 1.14. The maximum absolute atomic E-state index is 13.4. The van der Waals surface area contributed by atoms with Crippen LogP contribution in [-0.4, -0.2) is 30.8 Å². The number of aromatic amines is 1. The van der Waals surface area contributed by atoms with Gasteiger partial charge in [-0.05, 0) is 18.6 Å². The molecule has 0 fully saturated rings. The molecule has 0 aliphatic carbocycles. The molecule has 2 aromatic heterocycles. The molecule has 7 heteroatoms. The van der Waals surface area contributed by atoms with E-state index >= 15 is 0 Å². The minimum atomic E-state index is -0.464. The van der Waals surface area contributed by atoms with Gasteiger partial charge in [0.1, 0.15) is 0 Å². The standard InChI is InChI=1S/C20H17N3O3S/c1-2-16(27-20-21-17(24)11-18(25)22-20)19(26)23-14-9-5-3-7-12(14)13-8-4-6-10-15(13)23/h3-11,16H,2H2,1H3,(H2,21,22,24,25). The number of aromatic nitrogens is 3. The van der Waals surface area contributed by atoms with Gasteiger partial charge in [-0.3, -0.25) is 14.2 Å². The van der Waals surface area contributed by atoms with E-state index in [1.54, 1.807) is 4.57 Å². The summed E-state index contributed by atoms with van der Waals surface area (Å²) in [6, 6.07) is 16.6. The summed E-state index contributed by atoms with van der Waals surface area (Å²) in [5, 5.41) is 11.3. The topological polar surface area (TPSA) is 88.0 Å². The molecule has 0 bridgehead atoms. The van der Waals surface area contributed by atoms with Gasteiger partial charge in [0.15, 0.2) is 5.16 Å². The van der Waals surface area contributed by atoms with E-state index in [2.05, 4.69) is 9.97 Å². The molecule has 0 aliphatic rings. The second-order valence-corrected chi connectivity index (χ2v) is 7.32. The highest BCUT2D eigenvalue weighted by atomic mass is 32.2. The van der Waals surface area contributed by atoms with Crippen LogP contribution in [0.3, 0.4) is 0 Å². The predicted molar refractivity (Wildman–Crippen MR) is 107 cm³/mol. The molecule has 0 saturated heterocycles. The highest BCUT2D eigenvalue weighted by molar-refractivity contribution is 8.00. The number of thioether (sulfide) groups is 1. The fraction of sp³-hybridized carbons (Fsp3) is 0.150. The van der Waals surface area contributed by atoms with Crippen LogP contribution < -0.4 is 5.56 Å². The molecule has 2 N–H and O–H groups in total. The quantitative estimate of drug-likeness (QED) is 0.416. The van der Waals surface area contributed by atoms with Crippen molar-refractivity contribution in [1.82, 2.24) is 14.5 Å². The fourth-order valence-corrected chi connectivity index (χ4v) is 4.17. The Kier molecular flexibility index (Phi) is 4.45. The van der Waals surface area contributed by atoms with E-state index in [4.69, 9.17) is 0 Å². The number of aromatic hydroxyl groups is 1. The van der Waals surface area contributed by atoms with E-state index in [9.17, 15) is 14.7 Å². The van der Waals surface area contributed by atoms with Crippen LogP contribution in [0, 0.1) is 0 Å². The first kappa shape index (κ1) is 17.4. The number of fused-ring (bicyclic) bond motifs is 3. The minimum Gasteiger partial charge on any atom is -0.493 e. The van der Waals surface area contributed by atoms with E-state index < -0.39 is 10.8 Å². The minimum absolute atomic E-state index is 0.0918. The highest BCUT2D eigenvalue weighted by Crippen LogP contribution is 2.31. The number of benzene rings is 2. The molecule has 0 amide bonds. The zero-order valence-electron chi connectivity index (χ0n) is 14.5. The molecule has 2 aromatic carbocycles. The Bertz CT molecular complexity index is 1160. The predicted octanol–water partition coefficient (Wildman–Crippen LogP) is 3.79. The van der Waals surface area contributed by atoms with Crippen molar-refractivity contribution in [3.63, 3.8) is 0 Å². The fourth-order valence-electron chi connectivity index (χ4n) is 3.23. The van der Waals surface area contributed by atoms with Crippen LogP contribution >= 0.6 is 11.8 Å². The lowest BCUT2D eigenvalue weighted by Crippen LogP contribution is -2.24. The highest BCUT2D eigenvalue weighted by Gasteiger charge is 2.24. The normalized spacial score (nSPS) is 12.5. The molecule has 0 aliphatic heterocycles. The smallest absolute Gasteiger partial charge is 0.255 e. The van der Waals surface area contributed by atoms with Gasteiger partial charge >= 0.3 is 0 Å². The number of carbonyl (C=O) groups is 1. The van der Waals surface area contributed by atoms with Crippen LogP contribution in [0.5, 0.6) is 5.88 Å². The van der Waals surface area contributed by atoms with Crippen molar-refractivity contribution in [2.75, 3.05) is 0 Å². The molecule has 0 saturated carbocycles. The first-order valence-electron chi connectivity index (χ1n) is 8.58. The monoisotopic (exact) mass is 379 g/mol. The van der Waals surface area contributed by atoms with Crippen LogP contribution in [-0.2, 0) is 0 Å². The molecule has 1 unspecified atom stereocenters. The maximum atomic E-state index is 13.4. The number of nitrogens with zero attached hydrogens (tertiary/aromatic N) is 2. The summed E-state index contributed by atoms with van der Waals surface area (Å²) in [5.74, 6) is -0.452. The van der Waals surface area contributed by atoms with E-state index in [1.807, 2.05) is 55.5 Å². The first-order chi connectivity index (χ1) is 13.1. The number of rotatable bonds is 4. The van der Waals surface area contributed by atoms with Gasteiger partial charge in [0.05, 0.1) is 22.3 Å². The van der Waals surface area contributed by atoms with Gasteiger partial charge in [-0.2, -0.15) is 4.98 Å². The SMILES string of the molecule is CCC(Sc1nc(O)cc(=O)[nH]1)C(=O)n1c2ccccc2c2ccccc21. The van der Waals surface area contributed by atoms with E-state index in [1.165, 1.54) is 0 Å². The Hall–Kier alpha value is -3.06. The molecule has 1 atom stereocenters. The molecule has 0 radical (unpaired) electrons. The molecule has 6 nitrogen and oxygen atoms in total. The summed E-state index contributed by atoms with van der Waals surface area (Å²) in [6.45, 7) is 1.91. The Labute approximate surface area is 158 Å². The van der Waals surface area contributed by atoms with Crippen molar-refractivity contribution in [3.8, 4) is 5.88 Å². The van der Waals surface area contributed by atoms with Crippen molar-refractivity contribution >= 4 is 39.5 Å². The zero-order chi connectivity index (χ0) is 19.0. The number of H-pyrrole nitrogens is 1. The second-order valence-electron chi connectivity index (χ2n) is 6.13. The number of carbonyl (C=O) groups excluding carboxylic acids is 1. The third-order valence-electron chi connectivity index (χ3n) is 4.41. The van der Waals surface area contributed by atoms with Gasteiger partial charge < -0.3 is 10.1 Å². The average molecular weight is 379 g/mol. The molecule has 136 valence electrons. The van der Waals surface area contributed by atoms with Crippen LogP contribution in [0.15, 0.2) is 64.5 Å². The van der Waals surface area contributed by atoms with Gasteiger partial charge in [-0.1, -0.05) is 55.1 Å². The first-order valence-corrected chi connectivity index (χ1v) is 9.46. The van der Waals surface area contributed by atoms with Crippen molar-refractivity contribution in [3.05, 3.63) is 65.0 Å². The lowest BCUT2D eigenvalue weighted by Gasteiger charge is -2.15. The summed E-state index contributed by atoms with van der Waals surface area (Å²) in [5.41, 5.74) is 1.24. The van der Waals surface area contributed by atoms with Gasteiger partial charge in [0.25, 0.3) is 5.56 Å². The van der Waals surface area contributed by atoms with E-state index in [-0.39, 0.29) is 16.9 Å². The number of para-hydroxylation sites is 2. The van der Waals surface area contributed by atoms with E-state index in [0.29, 0.717) is 6.42 Å². The van der Waals surface area contributed by atoms with Crippen LogP contribution in [0.4, 0.5) is 0 Å². The Morgan fingerprint density at radius 2 is 1.74 bits per heavy atom. The lowest BCUT2D eigenvalue weighted by molar-refractivity contribution is 0.0919. The molecule has 2 heterocycles. The third kappa shape index (κ3) is 3.10. The molecule has 4 rings (SSSR count). The Balaban J connectivity index is 1.81. The van der Waals surface area contributed by atoms with E-state index in [0.717, 1.165) is 39.6 Å². The van der Waals surface area contributed by atoms with Crippen molar-refractivity contribution < 1.29 is 9.90 Å². The van der Waals surface area contributed by atoms with Gasteiger partial charge in [0, 0.05) is 10.8 Å². The lowest BCUT2D eigenvalue weighted by atomic mass is 10.2.